The van der Waals surface area contributed by atoms with Gasteiger partial charge in [0.15, 0.2) is 0 Å². The molecule has 1 saturated carbocycles. The number of aliphatic hydroxyl groups excluding tert-OH is 1. The molecule has 2 amide bonds. The minimum absolute atomic E-state index is 0.141. The molecule has 1 aliphatic carbocycles. The number of carbonyl (C=O) groups excluding carboxylic acids is 2. The van der Waals surface area contributed by atoms with Crippen molar-refractivity contribution in [3.05, 3.63) is 29.6 Å². The van der Waals surface area contributed by atoms with Crippen LogP contribution in [0.4, 0.5) is 14.9 Å². The first-order valence-corrected chi connectivity index (χ1v) is 9.19. The first kappa shape index (κ1) is 20.1. The molecule has 3 rings (SSSR count). The number of nitrogens with one attached hydrogen (secondary N) is 1. The quantitative estimate of drug-likeness (QED) is 0.745. The van der Waals surface area contributed by atoms with Gasteiger partial charge in [0.25, 0.3) is 0 Å². The molecule has 1 saturated heterocycles. The van der Waals surface area contributed by atoms with Crippen LogP contribution in [0, 0.1) is 5.82 Å². The van der Waals surface area contributed by atoms with E-state index in [2.05, 4.69) is 10.5 Å². The lowest BCUT2D eigenvalue weighted by Crippen LogP contribution is -2.33. The number of nitrogens with zero attached hydrogens (tertiary/aromatic N) is 2. The molecule has 1 aromatic carbocycles. The molecular weight excluding hydrogens is 369 g/mol. The molecule has 1 aliphatic heterocycles. The number of halogens is 1. The zero-order chi connectivity index (χ0) is 20.3. The maximum absolute atomic E-state index is 14.8. The van der Waals surface area contributed by atoms with Crippen LogP contribution in [0.2, 0.25) is 0 Å². The fourth-order valence-corrected chi connectivity index (χ4v) is 3.63. The van der Waals surface area contributed by atoms with E-state index in [1.54, 1.807) is 12.1 Å². The predicted octanol–water partition coefficient (Wildman–Crippen LogP) is 1.92. The minimum atomic E-state index is -0.763. The summed E-state index contributed by atoms with van der Waals surface area (Å²) in [6, 6.07) is 4.63. The summed E-state index contributed by atoms with van der Waals surface area (Å²) in [5, 5.41) is 16.6. The summed E-state index contributed by atoms with van der Waals surface area (Å²) in [7, 11) is 1.42. The van der Waals surface area contributed by atoms with Gasteiger partial charge < -0.3 is 20.0 Å². The SMILES string of the molecule is CON=C1CCC(c2ccc(N3C[C@H](CNC(C)=O)OC3=O)cc2F)C[C@@H]1O. The summed E-state index contributed by atoms with van der Waals surface area (Å²) in [6.45, 7) is 1.83. The third-order valence-electron chi connectivity index (χ3n) is 5.04. The average molecular weight is 393 g/mol. The Morgan fingerprint density at radius 3 is 2.93 bits per heavy atom. The van der Waals surface area contributed by atoms with E-state index in [-0.39, 0.29) is 24.9 Å². The molecule has 1 heterocycles. The lowest BCUT2D eigenvalue weighted by atomic mass is 9.81. The number of hydrogen-bond donors (Lipinski definition) is 2. The Hall–Kier alpha value is -2.68. The van der Waals surface area contributed by atoms with Gasteiger partial charge in [0.05, 0.1) is 30.6 Å². The van der Waals surface area contributed by atoms with Gasteiger partial charge in [-0.3, -0.25) is 9.69 Å². The van der Waals surface area contributed by atoms with Crippen LogP contribution in [0.15, 0.2) is 23.4 Å². The minimum Gasteiger partial charge on any atom is -0.442 e. The molecule has 0 aromatic heterocycles. The Balaban J connectivity index is 1.68. The highest BCUT2D eigenvalue weighted by molar-refractivity contribution is 5.90. The van der Waals surface area contributed by atoms with Crippen molar-refractivity contribution in [3.8, 4) is 0 Å². The highest BCUT2D eigenvalue weighted by Crippen LogP contribution is 2.35. The molecule has 3 atom stereocenters. The molecule has 152 valence electrons. The Labute approximate surface area is 162 Å². The number of carbonyl (C=O) groups is 2. The summed E-state index contributed by atoms with van der Waals surface area (Å²) in [4.78, 5) is 29.1. The Kier molecular flexibility index (Phi) is 6.13. The van der Waals surface area contributed by atoms with Gasteiger partial charge in [-0.1, -0.05) is 11.2 Å². The first-order chi connectivity index (χ1) is 13.4. The summed E-state index contributed by atoms with van der Waals surface area (Å²) in [6.07, 6.45) is -0.268. The van der Waals surface area contributed by atoms with Crippen LogP contribution in [0.25, 0.3) is 0 Å². The van der Waals surface area contributed by atoms with Crippen LogP contribution in [0.1, 0.15) is 37.7 Å². The second kappa shape index (κ2) is 8.55. The highest BCUT2D eigenvalue weighted by atomic mass is 19.1. The van der Waals surface area contributed by atoms with Gasteiger partial charge >= 0.3 is 6.09 Å². The zero-order valence-electron chi connectivity index (χ0n) is 15.9. The molecule has 9 heteroatoms. The smallest absolute Gasteiger partial charge is 0.414 e. The molecular formula is C19H24FN3O5. The van der Waals surface area contributed by atoms with Crippen molar-refractivity contribution >= 4 is 23.4 Å². The van der Waals surface area contributed by atoms with E-state index in [0.717, 1.165) is 0 Å². The van der Waals surface area contributed by atoms with Crippen molar-refractivity contribution in [1.29, 1.82) is 0 Å². The second-order valence-electron chi connectivity index (χ2n) is 7.01. The Morgan fingerprint density at radius 2 is 2.29 bits per heavy atom. The van der Waals surface area contributed by atoms with E-state index in [1.165, 1.54) is 25.0 Å². The number of benzene rings is 1. The number of rotatable bonds is 5. The lowest BCUT2D eigenvalue weighted by Gasteiger charge is -2.27. The summed E-state index contributed by atoms with van der Waals surface area (Å²) >= 11 is 0. The molecule has 28 heavy (non-hydrogen) atoms. The van der Waals surface area contributed by atoms with Crippen molar-refractivity contribution in [2.75, 3.05) is 25.1 Å². The van der Waals surface area contributed by atoms with Crippen LogP contribution in [-0.4, -0.2) is 55.2 Å². The van der Waals surface area contributed by atoms with Gasteiger partial charge in [0, 0.05) is 6.92 Å². The monoisotopic (exact) mass is 393 g/mol. The van der Waals surface area contributed by atoms with Crippen molar-refractivity contribution < 1.29 is 28.7 Å². The lowest BCUT2D eigenvalue weighted by molar-refractivity contribution is -0.119. The molecule has 0 radical (unpaired) electrons. The molecule has 0 spiro atoms. The summed E-state index contributed by atoms with van der Waals surface area (Å²) < 4.78 is 20.0. The van der Waals surface area contributed by atoms with Gasteiger partial charge in [0.2, 0.25) is 5.91 Å². The molecule has 1 unspecified atom stereocenters. The molecule has 2 N–H and O–H groups in total. The molecule has 8 nitrogen and oxygen atoms in total. The number of hydrogen-bond acceptors (Lipinski definition) is 6. The average Bonchev–Trinajstić information content (AvgIpc) is 3.02. The normalized spacial score (nSPS) is 26.3. The van der Waals surface area contributed by atoms with E-state index in [4.69, 9.17) is 9.57 Å². The largest absolute Gasteiger partial charge is 0.442 e. The third kappa shape index (κ3) is 4.41. The van der Waals surface area contributed by atoms with Crippen LogP contribution in [0.5, 0.6) is 0 Å². The number of cyclic esters (lactones) is 1. The second-order valence-corrected chi connectivity index (χ2v) is 7.01. The predicted molar refractivity (Wildman–Crippen MR) is 99.7 cm³/mol. The van der Waals surface area contributed by atoms with Crippen molar-refractivity contribution in [3.63, 3.8) is 0 Å². The highest BCUT2D eigenvalue weighted by Gasteiger charge is 2.34. The van der Waals surface area contributed by atoms with Crippen molar-refractivity contribution in [2.45, 2.75) is 44.3 Å². The fraction of sp³-hybridized carbons (Fsp3) is 0.526. The fourth-order valence-electron chi connectivity index (χ4n) is 3.63. The maximum atomic E-state index is 14.8. The first-order valence-electron chi connectivity index (χ1n) is 9.19. The topological polar surface area (TPSA) is 100 Å². The van der Waals surface area contributed by atoms with Crippen LogP contribution >= 0.6 is 0 Å². The number of aliphatic hydroxyl groups is 1. The van der Waals surface area contributed by atoms with Crippen molar-refractivity contribution in [1.82, 2.24) is 5.32 Å². The molecule has 2 fully saturated rings. The van der Waals surface area contributed by atoms with Gasteiger partial charge in [-0.05, 0) is 42.9 Å². The molecule has 1 aromatic rings. The van der Waals surface area contributed by atoms with E-state index in [1.807, 2.05) is 0 Å². The van der Waals surface area contributed by atoms with Crippen LogP contribution in [-0.2, 0) is 14.4 Å². The number of oxime groups is 1. The summed E-state index contributed by atoms with van der Waals surface area (Å²) in [5.74, 6) is -0.781. The van der Waals surface area contributed by atoms with Gasteiger partial charge in [0.1, 0.15) is 19.0 Å². The van der Waals surface area contributed by atoms with Gasteiger partial charge in [-0.25, -0.2) is 9.18 Å². The van der Waals surface area contributed by atoms with Gasteiger partial charge in [-0.15, -0.1) is 0 Å². The Morgan fingerprint density at radius 1 is 1.50 bits per heavy atom. The Bertz CT molecular complexity index is 785. The van der Waals surface area contributed by atoms with E-state index >= 15 is 0 Å². The van der Waals surface area contributed by atoms with Crippen molar-refractivity contribution in [2.24, 2.45) is 5.16 Å². The number of ether oxygens (including phenoxy) is 1. The van der Waals surface area contributed by atoms with E-state index < -0.39 is 24.1 Å². The van der Waals surface area contributed by atoms with E-state index in [9.17, 15) is 19.1 Å². The standard InChI is InChI=1S/C19H24FN3O5/c1-11(24)21-9-14-10-23(19(26)28-14)13-4-5-15(16(20)8-13)12-3-6-17(22-27-2)18(25)7-12/h4-5,8,12,14,18,25H,3,6-7,9-10H2,1-2H3,(H,21,24)/t12?,14-,18-/m0/s1. The maximum Gasteiger partial charge on any atom is 0.414 e. The molecule has 0 bridgehead atoms. The van der Waals surface area contributed by atoms with Gasteiger partial charge in [-0.2, -0.15) is 0 Å². The number of anilines is 1. The third-order valence-corrected chi connectivity index (χ3v) is 5.04. The molecule has 2 aliphatic rings. The van der Waals surface area contributed by atoms with Crippen LogP contribution < -0.4 is 10.2 Å². The zero-order valence-corrected chi connectivity index (χ0v) is 15.9. The van der Waals surface area contributed by atoms with Crippen LogP contribution in [0.3, 0.4) is 0 Å². The summed E-state index contributed by atoms with van der Waals surface area (Å²) in [5.41, 5.74) is 1.47. The number of amides is 2. The van der Waals surface area contributed by atoms with E-state index in [0.29, 0.717) is 36.2 Å².